The van der Waals surface area contributed by atoms with Gasteiger partial charge in [-0.05, 0) is 54.6 Å². The summed E-state index contributed by atoms with van der Waals surface area (Å²) in [7, 11) is 1.77. The van der Waals surface area contributed by atoms with Crippen LogP contribution >= 0.6 is 23.4 Å². The molecule has 0 radical (unpaired) electrons. The van der Waals surface area contributed by atoms with Gasteiger partial charge in [0.2, 0.25) is 0 Å². The van der Waals surface area contributed by atoms with Crippen LogP contribution in [0.2, 0.25) is 5.02 Å². The first-order chi connectivity index (χ1) is 12.5. The maximum Gasteiger partial charge on any atom is 0.253 e. The van der Waals surface area contributed by atoms with E-state index < -0.39 is 0 Å². The molecule has 0 bridgehead atoms. The van der Waals surface area contributed by atoms with Crippen molar-refractivity contribution in [1.29, 1.82) is 0 Å². The van der Waals surface area contributed by atoms with Crippen molar-refractivity contribution in [2.75, 3.05) is 6.26 Å². The summed E-state index contributed by atoms with van der Waals surface area (Å²) in [6, 6.07) is 15.7. The van der Waals surface area contributed by atoms with Gasteiger partial charge in [0, 0.05) is 34.3 Å². The van der Waals surface area contributed by atoms with Crippen LogP contribution in [0.25, 0.3) is 11.1 Å². The number of hydrogen-bond acceptors (Lipinski definition) is 3. The maximum atomic E-state index is 12.0. The topological polar surface area (TPSA) is 31.2 Å². The van der Waals surface area contributed by atoms with Crippen molar-refractivity contribution in [3.05, 3.63) is 81.2 Å². The van der Waals surface area contributed by atoms with E-state index in [2.05, 4.69) is 6.07 Å². The van der Waals surface area contributed by atoms with Gasteiger partial charge in [-0.2, -0.15) is 0 Å². The van der Waals surface area contributed by atoms with Gasteiger partial charge in [-0.25, -0.2) is 0 Å². The van der Waals surface area contributed by atoms with Crippen LogP contribution in [0.5, 0.6) is 5.75 Å². The van der Waals surface area contributed by atoms with Gasteiger partial charge in [-0.3, -0.25) is 4.79 Å². The van der Waals surface area contributed by atoms with Gasteiger partial charge >= 0.3 is 0 Å². The molecule has 0 N–H and O–H groups in total. The number of benzene rings is 2. The monoisotopic (exact) mass is 385 g/mol. The van der Waals surface area contributed by atoms with E-state index in [1.807, 2.05) is 61.8 Å². The number of rotatable bonds is 5. The molecule has 3 rings (SSSR count). The summed E-state index contributed by atoms with van der Waals surface area (Å²) in [6.07, 6.45) is 3.88. The Morgan fingerprint density at radius 3 is 2.58 bits per heavy atom. The second kappa shape index (κ2) is 8.02. The number of aryl methyl sites for hydroxylation is 2. The Labute approximate surface area is 162 Å². The van der Waals surface area contributed by atoms with Crippen LogP contribution in [0, 0.1) is 6.92 Å². The lowest BCUT2D eigenvalue weighted by atomic mass is 10.1. The van der Waals surface area contributed by atoms with Crippen LogP contribution in [0.1, 0.15) is 11.1 Å². The molecule has 0 fully saturated rings. The Kier molecular flexibility index (Phi) is 5.74. The third kappa shape index (κ3) is 4.14. The van der Waals surface area contributed by atoms with Crippen molar-refractivity contribution in [2.24, 2.45) is 7.05 Å². The molecule has 0 aliphatic rings. The zero-order valence-electron chi connectivity index (χ0n) is 15.0. The molecule has 3 nitrogen and oxygen atoms in total. The lowest BCUT2D eigenvalue weighted by Gasteiger charge is -2.12. The van der Waals surface area contributed by atoms with Crippen molar-refractivity contribution in [3.63, 3.8) is 0 Å². The van der Waals surface area contributed by atoms with Gasteiger partial charge in [-0.1, -0.05) is 29.8 Å². The predicted octanol–water partition coefficient (Wildman–Crippen LogP) is 5.32. The summed E-state index contributed by atoms with van der Waals surface area (Å²) in [5.41, 5.74) is 3.69. The zero-order valence-corrected chi connectivity index (χ0v) is 16.5. The van der Waals surface area contributed by atoms with Crippen LogP contribution in [-0.2, 0) is 13.7 Å². The fourth-order valence-electron chi connectivity index (χ4n) is 2.75. The quantitative estimate of drug-likeness (QED) is 0.557. The highest BCUT2D eigenvalue weighted by Gasteiger charge is 2.08. The first-order valence-corrected chi connectivity index (χ1v) is 9.81. The first-order valence-electron chi connectivity index (χ1n) is 8.21. The van der Waals surface area contributed by atoms with E-state index in [-0.39, 0.29) is 5.56 Å². The van der Waals surface area contributed by atoms with Crippen molar-refractivity contribution in [1.82, 2.24) is 4.57 Å². The van der Waals surface area contributed by atoms with Gasteiger partial charge in [0.05, 0.1) is 0 Å². The van der Waals surface area contributed by atoms with Crippen LogP contribution < -0.4 is 10.3 Å². The molecule has 1 heterocycles. The molecule has 2 aromatic carbocycles. The minimum absolute atomic E-state index is 0.0185. The summed E-state index contributed by atoms with van der Waals surface area (Å²) >= 11 is 7.86. The van der Waals surface area contributed by atoms with Gasteiger partial charge in [-0.15, -0.1) is 11.8 Å². The fraction of sp³-hybridized carbons (Fsp3) is 0.190. The minimum atomic E-state index is 0.0185. The van der Waals surface area contributed by atoms with Crippen molar-refractivity contribution < 1.29 is 4.74 Å². The second-order valence-corrected chi connectivity index (χ2v) is 7.39. The SMILES string of the molecule is CSc1cc(OCc2ccccc2Cl)cc(-c2cc(C)c(=O)n(C)c2)c1. The summed E-state index contributed by atoms with van der Waals surface area (Å²) in [6.45, 7) is 2.24. The molecule has 0 aliphatic heterocycles. The Bertz CT molecular complexity index is 971. The molecule has 3 aromatic rings. The third-order valence-corrected chi connectivity index (χ3v) is 5.24. The minimum Gasteiger partial charge on any atom is -0.489 e. The highest BCUT2D eigenvalue weighted by Crippen LogP contribution is 2.31. The molecule has 0 spiro atoms. The van der Waals surface area contributed by atoms with Gasteiger partial charge in [0.1, 0.15) is 12.4 Å². The Morgan fingerprint density at radius 2 is 1.88 bits per heavy atom. The van der Waals surface area contributed by atoms with Crippen LogP contribution in [0.3, 0.4) is 0 Å². The van der Waals surface area contributed by atoms with Crippen LogP contribution in [0.4, 0.5) is 0 Å². The van der Waals surface area contributed by atoms with Crippen molar-refractivity contribution >= 4 is 23.4 Å². The fourth-order valence-corrected chi connectivity index (χ4v) is 3.42. The summed E-state index contributed by atoms with van der Waals surface area (Å²) in [5, 5.41) is 0.697. The molecular formula is C21H20ClNO2S. The largest absolute Gasteiger partial charge is 0.489 e. The average molecular weight is 386 g/mol. The van der Waals surface area contributed by atoms with Gasteiger partial charge < -0.3 is 9.30 Å². The lowest BCUT2D eigenvalue weighted by Crippen LogP contribution is -2.18. The van der Waals surface area contributed by atoms with E-state index >= 15 is 0 Å². The third-order valence-electron chi connectivity index (χ3n) is 4.16. The number of thioether (sulfide) groups is 1. The van der Waals surface area contributed by atoms with E-state index in [0.29, 0.717) is 11.6 Å². The van der Waals surface area contributed by atoms with E-state index in [0.717, 1.165) is 32.9 Å². The van der Waals surface area contributed by atoms with Gasteiger partial charge in [0.15, 0.2) is 0 Å². The highest BCUT2D eigenvalue weighted by molar-refractivity contribution is 7.98. The van der Waals surface area contributed by atoms with Crippen molar-refractivity contribution in [2.45, 2.75) is 18.4 Å². The van der Waals surface area contributed by atoms with E-state index in [9.17, 15) is 4.79 Å². The molecular weight excluding hydrogens is 366 g/mol. The van der Waals surface area contributed by atoms with Crippen LogP contribution in [-0.4, -0.2) is 10.8 Å². The lowest BCUT2D eigenvalue weighted by molar-refractivity contribution is 0.306. The molecule has 26 heavy (non-hydrogen) atoms. The summed E-state index contributed by atoms with van der Waals surface area (Å²) < 4.78 is 7.61. The maximum absolute atomic E-state index is 12.0. The first kappa shape index (κ1) is 18.6. The van der Waals surface area contributed by atoms with E-state index in [4.69, 9.17) is 16.3 Å². The molecule has 0 saturated heterocycles. The number of hydrogen-bond donors (Lipinski definition) is 0. The number of aromatic nitrogens is 1. The molecule has 0 atom stereocenters. The summed E-state index contributed by atoms with van der Waals surface area (Å²) in [5.74, 6) is 0.776. The molecule has 5 heteroatoms. The molecule has 0 saturated carbocycles. The second-order valence-electron chi connectivity index (χ2n) is 6.11. The molecule has 0 amide bonds. The number of halogens is 1. The number of ether oxygens (including phenoxy) is 1. The summed E-state index contributed by atoms with van der Waals surface area (Å²) in [4.78, 5) is 13.1. The van der Waals surface area contributed by atoms with Crippen LogP contribution in [0.15, 0.2) is 64.4 Å². The highest BCUT2D eigenvalue weighted by atomic mass is 35.5. The molecule has 134 valence electrons. The predicted molar refractivity (Wildman–Crippen MR) is 109 cm³/mol. The van der Waals surface area contributed by atoms with E-state index in [1.165, 1.54) is 0 Å². The van der Waals surface area contributed by atoms with Gasteiger partial charge in [0.25, 0.3) is 5.56 Å². The molecule has 0 unspecified atom stereocenters. The molecule has 0 aliphatic carbocycles. The van der Waals surface area contributed by atoms with Crippen molar-refractivity contribution in [3.8, 4) is 16.9 Å². The molecule has 1 aromatic heterocycles. The Morgan fingerprint density at radius 1 is 1.12 bits per heavy atom. The Balaban J connectivity index is 1.94. The average Bonchev–Trinajstić information content (AvgIpc) is 2.64. The number of nitrogens with zero attached hydrogens (tertiary/aromatic N) is 1. The van der Waals surface area contributed by atoms with E-state index in [1.54, 1.807) is 23.4 Å². The standard InChI is InChI=1S/C21H20ClNO2S/c1-14-8-17(12-23(2)21(14)24)16-9-18(11-19(10-16)26-3)25-13-15-6-4-5-7-20(15)22/h4-12H,13H2,1-3H3. The normalized spacial score (nSPS) is 10.8. The Hall–Kier alpha value is -2.17. The zero-order chi connectivity index (χ0) is 18.7. The smallest absolute Gasteiger partial charge is 0.253 e. The number of pyridine rings is 1.